The maximum atomic E-state index is 9.22. The van der Waals surface area contributed by atoms with Crippen molar-refractivity contribution >= 4 is 10.4 Å². The van der Waals surface area contributed by atoms with Crippen molar-refractivity contribution in [2.75, 3.05) is 69.0 Å². The minimum absolute atomic E-state index is 0.622. The summed E-state index contributed by atoms with van der Waals surface area (Å²) in [5.41, 5.74) is 7.00. The fraction of sp³-hybridized carbons (Fsp3) is 1.00. The number of unbranched alkanes of at least 4 members (excludes halogenated alkanes) is 9. The van der Waals surface area contributed by atoms with E-state index in [1.165, 1.54) is 83.7 Å². The molecule has 0 fully saturated rings. The van der Waals surface area contributed by atoms with Crippen molar-refractivity contribution in [2.45, 2.75) is 97.8 Å². The summed E-state index contributed by atoms with van der Waals surface area (Å²) in [5, 5.41) is 0. The molecule has 0 aromatic heterocycles. The van der Waals surface area contributed by atoms with Gasteiger partial charge in [-0.15, -0.1) is 0 Å². The molecule has 0 amide bonds. The van der Waals surface area contributed by atoms with E-state index in [2.05, 4.69) is 67.2 Å². The Morgan fingerprint density at radius 1 is 0.636 bits per heavy atom. The second-order valence-electron chi connectivity index (χ2n) is 10.5. The van der Waals surface area contributed by atoms with Gasteiger partial charge in [0.15, 0.2) is 0 Å². The molecular weight excluding hydrogens is 438 g/mol. The average Bonchev–Trinajstić information content (AvgIpc) is 2.66. The summed E-state index contributed by atoms with van der Waals surface area (Å²) in [5.74, 6) is 0. The van der Waals surface area contributed by atoms with Gasteiger partial charge in [-0.3, -0.25) is 4.18 Å². The first-order valence-corrected chi connectivity index (χ1v) is 14.2. The van der Waals surface area contributed by atoms with E-state index >= 15 is 0 Å². The Labute approximate surface area is 209 Å². The van der Waals surface area contributed by atoms with Gasteiger partial charge in [0.05, 0.1) is 62.5 Å². The van der Waals surface area contributed by atoms with E-state index < -0.39 is 10.4 Å². The van der Waals surface area contributed by atoms with Crippen molar-refractivity contribution in [3.05, 3.63) is 5.73 Å². The Kier molecular flexibility index (Phi) is 31.9. The predicted molar refractivity (Wildman–Crippen MR) is 144 cm³/mol. The molecule has 0 atom stereocenters. The maximum absolute atomic E-state index is 9.22. The van der Waals surface area contributed by atoms with Crippen LogP contribution in [0.4, 0.5) is 0 Å². The second kappa shape index (κ2) is 26.4. The van der Waals surface area contributed by atoms with E-state index in [4.69, 9.17) is 5.73 Å². The number of nitrogens with one attached hydrogen (secondary N) is 1. The molecule has 0 radical (unpaired) electrons. The standard InChI is InChI=1S/C12H26N.2C6H16N.CH4O4S/c1-2-3-4-5-6-7-8-9-10-11-12-13;2*1-5-6-7(2,3)4;1-5-6(2,3)4/h13H,2-12H2,1H3;2*5-6H2,1-4H3;1H3,(H,2,3,4)/q-1;2*+1;/p-1. The summed E-state index contributed by atoms with van der Waals surface area (Å²) in [6.45, 7) is 9.87. The second-order valence-corrected chi connectivity index (χ2v) is 11.7. The van der Waals surface area contributed by atoms with Crippen LogP contribution in [0.15, 0.2) is 0 Å². The van der Waals surface area contributed by atoms with Crippen LogP contribution in [0.1, 0.15) is 97.8 Å². The molecule has 0 aliphatic rings. The molecule has 0 unspecified atom stereocenters. The molecule has 0 rings (SSSR count). The maximum Gasteiger partial charge on any atom is 0.217 e. The zero-order valence-electron chi connectivity index (χ0n) is 24.0. The number of rotatable bonds is 15. The minimum atomic E-state index is -4.41. The van der Waals surface area contributed by atoms with Crippen LogP contribution in [0.2, 0.25) is 0 Å². The van der Waals surface area contributed by atoms with E-state index in [1.54, 1.807) is 0 Å². The number of nitrogens with zero attached hydrogens (tertiary/aromatic N) is 2. The molecule has 206 valence electrons. The lowest BCUT2D eigenvalue weighted by Crippen LogP contribution is -2.34. The highest BCUT2D eigenvalue weighted by molar-refractivity contribution is 7.80. The van der Waals surface area contributed by atoms with Gasteiger partial charge in [0.25, 0.3) is 0 Å². The van der Waals surface area contributed by atoms with Gasteiger partial charge in [0, 0.05) is 0 Å². The molecule has 0 bridgehead atoms. The first-order chi connectivity index (χ1) is 15.1. The molecule has 0 aliphatic heterocycles. The van der Waals surface area contributed by atoms with Crippen molar-refractivity contribution in [2.24, 2.45) is 0 Å². The molecule has 0 saturated carbocycles. The molecule has 33 heavy (non-hydrogen) atoms. The van der Waals surface area contributed by atoms with Crippen LogP contribution in [0.5, 0.6) is 0 Å². The molecule has 0 aliphatic carbocycles. The Morgan fingerprint density at radius 2 is 0.909 bits per heavy atom. The van der Waals surface area contributed by atoms with Crippen LogP contribution >= 0.6 is 0 Å². The zero-order valence-corrected chi connectivity index (χ0v) is 24.9. The zero-order chi connectivity index (χ0) is 26.8. The van der Waals surface area contributed by atoms with Crippen LogP contribution in [0, 0.1) is 0 Å². The normalized spacial score (nSPS) is 11.4. The lowest BCUT2D eigenvalue weighted by molar-refractivity contribution is -0.870. The highest BCUT2D eigenvalue weighted by atomic mass is 32.3. The molecule has 0 aromatic carbocycles. The largest absolute Gasteiger partial charge is 0.726 e. The van der Waals surface area contributed by atoms with Crippen molar-refractivity contribution in [1.82, 2.24) is 0 Å². The van der Waals surface area contributed by atoms with Crippen molar-refractivity contribution in [3.63, 3.8) is 0 Å². The van der Waals surface area contributed by atoms with Gasteiger partial charge in [-0.1, -0.05) is 85.0 Å². The van der Waals surface area contributed by atoms with Crippen LogP contribution in [-0.2, 0) is 14.6 Å². The van der Waals surface area contributed by atoms with E-state index in [1.807, 2.05) is 0 Å². The number of hydrogen-bond acceptors (Lipinski definition) is 4. The van der Waals surface area contributed by atoms with Gasteiger partial charge in [-0.25, -0.2) is 8.42 Å². The predicted octanol–water partition coefficient (Wildman–Crippen LogP) is 6.26. The van der Waals surface area contributed by atoms with Crippen molar-refractivity contribution in [1.29, 1.82) is 0 Å². The lowest BCUT2D eigenvalue weighted by atomic mass is 10.1. The summed E-state index contributed by atoms with van der Waals surface area (Å²) < 4.78 is 33.2. The van der Waals surface area contributed by atoms with Gasteiger partial charge in [-0.2, -0.15) is 6.54 Å². The van der Waals surface area contributed by atoms with Gasteiger partial charge in [-0.05, 0) is 12.8 Å². The first-order valence-electron chi connectivity index (χ1n) is 12.9. The van der Waals surface area contributed by atoms with Gasteiger partial charge < -0.3 is 19.3 Å². The number of quaternary nitrogens is 2. The summed E-state index contributed by atoms with van der Waals surface area (Å²) in [4.78, 5) is 0. The Bertz CT molecular complexity index is 433. The quantitative estimate of drug-likeness (QED) is 0.115. The molecule has 0 heterocycles. The van der Waals surface area contributed by atoms with E-state index in [0.29, 0.717) is 6.54 Å². The number of hydrogen-bond donors (Lipinski definition) is 0. The van der Waals surface area contributed by atoms with Gasteiger partial charge in [0.2, 0.25) is 10.4 Å². The van der Waals surface area contributed by atoms with Crippen LogP contribution < -0.4 is 0 Å². The minimum Gasteiger partial charge on any atom is -0.726 e. The fourth-order valence-corrected chi connectivity index (χ4v) is 2.95. The van der Waals surface area contributed by atoms with E-state index in [9.17, 15) is 13.0 Å². The van der Waals surface area contributed by atoms with Crippen LogP contribution in [0.3, 0.4) is 0 Å². The SMILES string of the molecule is CCCCCCCCCCCC[NH-].CCC[N+](C)(C)C.CCC[N+](C)(C)C.COS(=O)(=O)[O-]. The van der Waals surface area contributed by atoms with E-state index in [0.717, 1.165) is 22.5 Å². The third kappa shape index (κ3) is 65.3. The molecule has 0 saturated heterocycles. The monoisotopic (exact) mass is 499 g/mol. The smallest absolute Gasteiger partial charge is 0.217 e. The third-order valence-corrected chi connectivity index (χ3v) is 4.93. The summed E-state index contributed by atoms with van der Waals surface area (Å²) in [6, 6.07) is 0. The lowest BCUT2D eigenvalue weighted by Gasteiger charge is -2.22. The van der Waals surface area contributed by atoms with Gasteiger partial charge in [0.1, 0.15) is 0 Å². The summed E-state index contributed by atoms with van der Waals surface area (Å²) in [6.07, 6.45) is 16.2. The summed E-state index contributed by atoms with van der Waals surface area (Å²) in [7, 11) is 9.67. The molecule has 7 nitrogen and oxygen atoms in total. The highest BCUT2D eigenvalue weighted by Crippen LogP contribution is 2.10. The first kappa shape index (κ1) is 39.9. The van der Waals surface area contributed by atoms with Crippen LogP contribution in [-0.4, -0.2) is 91.0 Å². The average molecular weight is 500 g/mol. The fourth-order valence-electron chi connectivity index (χ4n) is 2.95. The Balaban J connectivity index is -0.000000181. The molecule has 0 aromatic rings. The van der Waals surface area contributed by atoms with Crippen molar-refractivity contribution < 1.29 is 26.1 Å². The van der Waals surface area contributed by atoms with E-state index in [-0.39, 0.29) is 0 Å². The topological polar surface area (TPSA) is 90.2 Å². The van der Waals surface area contributed by atoms with Gasteiger partial charge >= 0.3 is 0 Å². The summed E-state index contributed by atoms with van der Waals surface area (Å²) >= 11 is 0. The van der Waals surface area contributed by atoms with Crippen LogP contribution in [0.25, 0.3) is 5.73 Å². The third-order valence-electron chi connectivity index (χ3n) is 4.52. The Morgan fingerprint density at radius 3 is 1.06 bits per heavy atom. The molecular formula is C25H61N3O4S. The molecule has 0 spiro atoms. The molecule has 1 N–H and O–H groups in total. The highest BCUT2D eigenvalue weighted by Gasteiger charge is 2.02. The molecule has 8 heteroatoms. The Hall–Kier alpha value is -0.250. The van der Waals surface area contributed by atoms with Crippen molar-refractivity contribution in [3.8, 4) is 0 Å².